The Morgan fingerprint density at radius 2 is 1.86 bits per heavy atom. The molecule has 36 heavy (non-hydrogen) atoms. The molecule has 2 heterocycles. The van der Waals surface area contributed by atoms with Gasteiger partial charge in [-0.2, -0.15) is 0 Å². The molecule has 7 nitrogen and oxygen atoms in total. The average Bonchev–Trinajstić information content (AvgIpc) is 3.14. The van der Waals surface area contributed by atoms with Crippen LogP contribution >= 0.6 is 43.2 Å². The molecule has 0 saturated carbocycles. The number of ether oxygens (including phenoxy) is 3. The van der Waals surface area contributed by atoms with Crippen LogP contribution in [0.3, 0.4) is 0 Å². The number of carbonyl (C=O) groups is 1. The predicted molar refractivity (Wildman–Crippen MR) is 146 cm³/mol. The third-order valence-electron chi connectivity index (χ3n) is 5.56. The number of allylic oxidation sites excluding steroid dienone is 1. The van der Waals surface area contributed by atoms with Crippen LogP contribution in [0.15, 0.2) is 66.4 Å². The van der Waals surface area contributed by atoms with Gasteiger partial charge in [0.2, 0.25) is 0 Å². The fourth-order valence-electron chi connectivity index (χ4n) is 3.98. The molecule has 0 N–H and O–H groups in total. The van der Waals surface area contributed by atoms with Crippen molar-refractivity contribution in [1.29, 1.82) is 0 Å². The molecule has 2 aromatic carbocycles. The number of halogens is 2. The molecular formula is C26H24Br2N2O5S. The number of aromatic nitrogens is 1. The Balaban J connectivity index is 1.99. The molecule has 0 unspecified atom stereocenters. The number of esters is 1. The molecule has 1 aliphatic heterocycles. The van der Waals surface area contributed by atoms with E-state index in [1.54, 1.807) is 37.7 Å². The molecule has 4 rings (SSSR count). The molecule has 0 radical (unpaired) electrons. The van der Waals surface area contributed by atoms with E-state index in [4.69, 9.17) is 14.2 Å². The van der Waals surface area contributed by atoms with Crippen molar-refractivity contribution in [2.45, 2.75) is 26.8 Å². The highest BCUT2D eigenvalue weighted by Crippen LogP contribution is 2.41. The van der Waals surface area contributed by atoms with Gasteiger partial charge in [-0.15, -0.1) is 0 Å². The van der Waals surface area contributed by atoms with Crippen LogP contribution in [-0.2, 0) is 9.53 Å². The normalized spacial score (nSPS) is 15.4. The minimum Gasteiger partial charge on any atom is -0.493 e. The highest BCUT2D eigenvalue weighted by Gasteiger charge is 2.35. The summed E-state index contributed by atoms with van der Waals surface area (Å²) in [4.78, 5) is 32.0. The molecule has 10 heteroatoms. The zero-order valence-corrected chi connectivity index (χ0v) is 24.1. The van der Waals surface area contributed by atoms with E-state index in [-0.39, 0.29) is 12.2 Å². The van der Waals surface area contributed by atoms with Gasteiger partial charge in [0.25, 0.3) is 5.56 Å². The number of rotatable bonds is 7. The SMILES string of the molecule is CCOC(=O)C1=C(C)N=c2s/c(=C/c3ccc(Br)cc3)c(=O)n2[C@@H]1c1cc(OC)c(OCC)cc1Br. The lowest BCUT2D eigenvalue weighted by Crippen LogP contribution is -2.40. The number of carbonyl (C=O) groups excluding carboxylic acids is 1. The number of fused-ring (bicyclic) bond motifs is 1. The largest absolute Gasteiger partial charge is 0.493 e. The van der Waals surface area contributed by atoms with Gasteiger partial charge in [0.15, 0.2) is 16.3 Å². The summed E-state index contributed by atoms with van der Waals surface area (Å²) < 4.78 is 20.3. The van der Waals surface area contributed by atoms with Gasteiger partial charge in [-0.3, -0.25) is 9.36 Å². The van der Waals surface area contributed by atoms with Gasteiger partial charge >= 0.3 is 5.97 Å². The fraction of sp³-hybridized carbons (Fsp3) is 0.269. The quantitative estimate of drug-likeness (QED) is 0.351. The first kappa shape index (κ1) is 26.4. The molecule has 0 saturated heterocycles. The fourth-order valence-corrected chi connectivity index (χ4v) is 5.83. The third-order valence-corrected chi connectivity index (χ3v) is 7.76. The minimum absolute atomic E-state index is 0.199. The molecular weight excluding hydrogens is 612 g/mol. The molecule has 188 valence electrons. The van der Waals surface area contributed by atoms with Crippen LogP contribution in [0.5, 0.6) is 11.5 Å². The Labute approximate surface area is 229 Å². The summed E-state index contributed by atoms with van der Waals surface area (Å²) >= 11 is 8.34. The monoisotopic (exact) mass is 634 g/mol. The Morgan fingerprint density at radius 3 is 2.50 bits per heavy atom. The van der Waals surface area contributed by atoms with E-state index in [0.717, 1.165) is 10.0 Å². The summed E-state index contributed by atoms with van der Waals surface area (Å²) in [6.45, 7) is 6.04. The second-order valence-corrected chi connectivity index (χ2v) is 10.6. The van der Waals surface area contributed by atoms with Crippen LogP contribution in [0.4, 0.5) is 0 Å². The standard InChI is InChI=1S/C26H24Br2N2O5S/c1-5-34-20-13-18(28)17(12-19(20)33-4)23-22(25(32)35-6-2)14(3)29-26-30(23)24(31)21(36-26)11-15-7-9-16(27)10-8-15/h7-13,23H,5-6H2,1-4H3/b21-11+/t23-/m1/s1. The van der Waals surface area contributed by atoms with Gasteiger partial charge < -0.3 is 14.2 Å². The first-order chi connectivity index (χ1) is 17.3. The van der Waals surface area contributed by atoms with Gasteiger partial charge in [-0.25, -0.2) is 9.79 Å². The van der Waals surface area contributed by atoms with Gasteiger partial charge in [0.05, 0.1) is 42.2 Å². The Hall–Kier alpha value is -2.69. The van der Waals surface area contributed by atoms with E-state index in [1.165, 1.54) is 11.3 Å². The Morgan fingerprint density at radius 1 is 1.14 bits per heavy atom. The summed E-state index contributed by atoms with van der Waals surface area (Å²) in [6.07, 6.45) is 1.82. The maximum Gasteiger partial charge on any atom is 0.338 e. The molecule has 1 atom stereocenters. The van der Waals surface area contributed by atoms with Crippen molar-refractivity contribution in [2.24, 2.45) is 4.99 Å². The summed E-state index contributed by atoms with van der Waals surface area (Å²) in [6, 6.07) is 10.5. The highest BCUT2D eigenvalue weighted by molar-refractivity contribution is 9.10. The second-order valence-electron chi connectivity index (χ2n) is 7.81. The van der Waals surface area contributed by atoms with Gasteiger partial charge in [-0.1, -0.05) is 55.3 Å². The van der Waals surface area contributed by atoms with Crippen LogP contribution in [0.1, 0.15) is 37.9 Å². The lowest BCUT2D eigenvalue weighted by Gasteiger charge is -2.26. The van der Waals surface area contributed by atoms with E-state index < -0.39 is 12.0 Å². The van der Waals surface area contributed by atoms with Crippen molar-refractivity contribution in [1.82, 2.24) is 4.57 Å². The summed E-state index contributed by atoms with van der Waals surface area (Å²) in [5.74, 6) is 0.521. The molecule has 3 aromatic rings. The summed E-state index contributed by atoms with van der Waals surface area (Å²) in [5, 5.41) is 0. The number of hydrogen-bond donors (Lipinski definition) is 0. The predicted octanol–water partition coefficient (Wildman–Crippen LogP) is 4.73. The van der Waals surface area contributed by atoms with Crippen molar-refractivity contribution >= 4 is 55.2 Å². The highest BCUT2D eigenvalue weighted by atomic mass is 79.9. The van der Waals surface area contributed by atoms with Crippen LogP contribution in [0.2, 0.25) is 0 Å². The molecule has 0 aliphatic carbocycles. The minimum atomic E-state index is -0.772. The van der Waals surface area contributed by atoms with Gasteiger partial charge in [-0.05, 0) is 62.2 Å². The smallest absolute Gasteiger partial charge is 0.338 e. The Kier molecular flexibility index (Phi) is 8.17. The maximum atomic E-state index is 13.8. The van der Waals surface area contributed by atoms with Crippen molar-refractivity contribution in [3.05, 3.63) is 87.4 Å². The van der Waals surface area contributed by atoms with Gasteiger partial charge in [0.1, 0.15) is 0 Å². The molecule has 0 amide bonds. The zero-order chi connectivity index (χ0) is 26.0. The zero-order valence-electron chi connectivity index (χ0n) is 20.1. The number of methoxy groups -OCH3 is 1. The van der Waals surface area contributed by atoms with E-state index in [0.29, 0.717) is 48.7 Å². The lowest BCUT2D eigenvalue weighted by molar-refractivity contribution is -0.139. The van der Waals surface area contributed by atoms with Crippen molar-refractivity contribution in [3.63, 3.8) is 0 Å². The van der Waals surface area contributed by atoms with Crippen LogP contribution in [0, 0.1) is 0 Å². The van der Waals surface area contributed by atoms with Crippen molar-refractivity contribution in [3.8, 4) is 11.5 Å². The lowest BCUT2D eigenvalue weighted by atomic mass is 9.95. The van der Waals surface area contributed by atoms with E-state index in [9.17, 15) is 9.59 Å². The molecule has 1 aliphatic rings. The van der Waals surface area contributed by atoms with Crippen molar-refractivity contribution in [2.75, 3.05) is 20.3 Å². The first-order valence-corrected chi connectivity index (χ1v) is 13.6. The second kappa shape index (κ2) is 11.1. The third kappa shape index (κ3) is 5.07. The summed E-state index contributed by atoms with van der Waals surface area (Å²) in [5.41, 5.74) is 2.08. The average molecular weight is 636 g/mol. The van der Waals surface area contributed by atoms with Crippen molar-refractivity contribution < 1.29 is 19.0 Å². The van der Waals surface area contributed by atoms with E-state index in [1.807, 2.05) is 37.3 Å². The maximum absolute atomic E-state index is 13.8. The molecule has 1 aromatic heterocycles. The number of hydrogen-bond acceptors (Lipinski definition) is 7. The number of benzene rings is 2. The first-order valence-electron chi connectivity index (χ1n) is 11.2. The topological polar surface area (TPSA) is 79.1 Å². The molecule has 0 fully saturated rings. The van der Waals surface area contributed by atoms with E-state index >= 15 is 0 Å². The molecule has 0 bridgehead atoms. The number of thiazole rings is 1. The van der Waals surface area contributed by atoms with Gasteiger partial charge in [0, 0.05) is 8.95 Å². The van der Waals surface area contributed by atoms with Crippen LogP contribution < -0.4 is 24.4 Å². The molecule has 0 spiro atoms. The summed E-state index contributed by atoms with van der Waals surface area (Å²) in [7, 11) is 1.55. The Bertz CT molecular complexity index is 1520. The van der Waals surface area contributed by atoms with Crippen LogP contribution in [0.25, 0.3) is 6.08 Å². The van der Waals surface area contributed by atoms with E-state index in [2.05, 4.69) is 36.9 Å². The number of nitrogens with zero attached hydrogens (tertiary/aromatic N) is 2. The van der Waals surface area contributed by atoms with Crippen LogP contribution in [-0.4, -0.2) is 30.9 Å².